The molecule has 37 atom stereocenters. The van der Waals surface area contributed by atoms with Gasteiger partial charge in [-0.2, -0.15) is 0 Å². The van der Waals surface area contributed by atoms with Crippen LogP contribution in [0.1, 0.15) is 201 Å². The number of unbranched alkanes of at least 4 members (excludes halogenated alkanes) is 23. The van der Waals surface area contributed by atoms with Crippen LogP contribution in [0.4, 0.5) is 0 Å². The van der Waals surface area contributed by atoms with Crippen molar-refractivity contribution >= 4 is 5.91 Å². The predicted molar refractivity (Wildman–Crippen MR) is 410 cm³/mol. The topological polar surface area (TPSA) is 590 Å². The molecule has 1 amide bonds. The van der Waals surface area contributed by atoms with Crippen LogP contribution in [0.2, 0.25) is 0 Å². The van der Waals surface area contributed by atoms with Gasteiger partial charge in [0.1, 0.15) is 141 Å². The van der Waals surface area contributed by atoms with Gasteiger partial charge >= 0.3 is 0 Å². The Morgan fingerprint density at radius 3 is 1.36 bits per heavy atom. The number of carbonyl (C=O) groups is 1. The summed E-state index contributed by atoms with van der Waals surface area (Å²) in [5.41, 5.74) is 18.8. The molecule has 7 rings (SSSR count). The average molecular weight is 2130 g/mol. The van der Waals surface area contributed by atoms with Crippen LogP contribution in [-0.4, -0.2) is 382 Å². The van der Waals surface area contributed by atoms with Crippen LogP contribution in [0.5, 0.6) is 0 Å². The van der Waals surface area contributed by atoms with E-state index in [-0.39, 0.29) is 107 Å². The number of rotatable bonds is 52. The third-order valence-corrected chi connectivity index (χ3v) is 23.4. The standard InChI is InChI=1S/C79H143N3O34.2Ac/c1-5-7-9-11-13-15-17-19-21-23-25-27-29-31-45(88)44(82-53(89)32-30-28-26-24-22-20-18-16-14-12-10-8-6-2)40-105-76-67(101)72(60(94)48(36-84)109-76)104-41-52-54(80)62(96)69(50(38-86)108-52)113-78-68(102)73(61(95)49(37-85)110-78)115-75-55(81)71(103-34-33-46-58(92)63(97)56(90)42(3)106-46)70(51(39-87)112-75)114-79-74(65(99)59(93)47(35-83)111-79)116-77-66(100)64(98)57(91)43(4)107-77;;/h29,31,42-52,54-81,83-88,90-102H,5-28,30,32-41H2,1-4H3,(H,82,89);;/q-2;;/b31-29+;;/t42?,43?,44?,45?,46-,47?,48?,49?,50?,51?,52?,54?,55?,56-,57+,58?,59+,60+,61+,62?,63?,64?,65?,66?,67?,68?,69?,70+,71?,72?,73?,74?,75+,76?,77+,78?,79+;;/m1../s1. The summed E-state index contributed by atoms with van der Waals surface area (Å²) in [6.45, 7) is 0.826. The fraction of sp³-hybridized carbons (Fsp3) is 0.962. The first-order chi connectivity index (χ1) is 55.7. The van der Waals surface area contributed by atoms with Gasteiger partial charge in [0.25, 0.3) is 0 Å². The van der Waals surface area contributed by atoms with E-state index in [2.05, 4.69) is 19.2 Å². The summed E-state index contributed by atoms with van der Waals surface area (Å²) < 4.78 is 83.9. The number of nitrogens with one attached hydrogen (secondary N) is 3. The zero-order valence-corrected chi connectivity index (χ0v) is 78.5. The molecular formula is C79H143Ac2N3O34-2. The molecule has 22 N–H and O–H groups in total. The molecule has 0 bridgehead atoms. The first-order valence-corrected chi connectivity index (χ1v) is 42.7. The van der Waals surface area contributed by atoms with Crippen molar-refractivity contribution in [3.05, 3.63) is 23.6 Å². The fourth-order valence-electron chi connectivity index (χ4n) is 16.0. The van der Waals surface area contributed by atoms with Gasteiger partial charge in [0, 0.05) is 101 Å². The normalized spacial score (nSPS) is 39.8. The van der Waals surface area contributed by atoms with Gasteiger partial charge in [-0.05, 0) is 39.5 Å². The maximum absolute atomic E-state index is 13.5. The summed E-state index contributed by atoms with van der Waals surface area (Å²) in [5.74, 6) is -0.326. The molecule has 0 aliphatic carbocycles. The molecule has 37 nitrogen and oxygen atoms in total. The Balaban J connectivity index is 0.0000124. The number of amides is 1. The van der Waals surface area contributed by atoms with Crippen molar-refractivity contribution in [2.75, 3.05) is 52.9 Å². The quantitative estimate of drug-likeness (QED) is 0.0256. The number of aliphatic hydroxyl groups is 19. The van der Waals surface area contributed by atoms with E-state index in [0.29, 0.717) is 12.8 Å². The molecule has 0 aromatic rings. The molecule has 7 heterocycles. The molecular weight excluding hydrogens is 1990 g/mol. The van der Waals surface area contributed by atoms with Crippen LogP contribution >= 0.6 is 0 Å². The van der Waals surface area contributed by atoms with Crippen LogP contribution in [-0.2, 0) is 71.1 Å². The minimum Gasteiger partial charge on any atom is -0.670 e. The van der Waals surface area contributed by atoms with Crippen molar-refractivity contribution in [1.82, 2.24) is 5.32 Å². The Morgan fingerprint density at radius 2 is 0.805 bits per heavy atom. The fourth-order valence-corrected chi connectivity index (χ4v) is 16.0. The number of hydrogen-bond acceptors (Lipinski definition) is 34. The smallest absolute Gasteiger partial charge is 0.220 e. The van der Waals surface area contributed by atoms with Gasteiger partial charge in [0.15, 0.2) is 25.2 Å². The predicted octanol–water partition coefficient (Wildman–Crippen LogP) is -1.02. The van der Waals surface area contributed by atoms with E-state index in [0.717, 1.165) is 51.4 Å². The van der Waals surface area contributed by atoms with E-state index in [1.54, 1.807) is 6.08 Å². The first-order valence-electron chi connectivity index (χ1n) is 42.7. The van der Waals surface area contributed by atoms with Gasteiger partial charge < -0.3 is 180 Å². The van der Waals surface area contributed by atoms with Gasteiger partial charge in [-0.15, -0.1) is 0 Å². The molecule has 2 radical (unpaired) electrons. The van der Waals surface area contributed by atoms with Gasteiger partial charge in [0.05, 0.1) is 95.0 Å². The largest absolute Gasteiger partial charge is 0.670 e. The van der Waals surface area contributed by atoms with Crippen molar-refractivity contribution < 1.29 is 256 Å². The summed E-state index contributed by atoms with van der Waals surface area (Å²) in [7, 11) is 0. The Morgan fingerprint density at radius 1 is 0.373 bits per heavy atom. The first kappa shape index (κ1) is 109. The third-order valence-electron chi connectivity index (χ3n) is 23.4. The van der Waals surface area contributed by atoms with E-state index in [9.17, 15) is 108 Å². The molecule has 0 aromatic heterocycles. The Kier molecular flexibility index (Phi) is 53.4. The number of hydrogen-bond donors (Lipinski definition) is 20. The second-order valence-electron chi connectivity index (χ2n) is 32.4. The average Bonchev–Trinajstić information content (AvgIpc) is 0.766. The van der Waals surface area contributed by atoms with Crippen molar-refractivity contribution in [3.63, 3.8) is 0 Å². The third kappa shape index (κ3) is 32.1. The van der Waals surface area contributed by atoms with E-state index in [4.69, 9.17) is 72.0 Å². The van der Waals surface area contributed by atoms with Gasteiger partial charge in [-0.3, -0.25) is 4.79 Å². The molecule has 39 heteroatoms. The number of aliphatic hydroxyl groups excluding tert-OH is 19. The minimum atomic E-state index is -2.21. The summed E-state index contributed by atoms with van der Waals surface area (Å²) in [6, 6.07) is -4.76. The van der Waals surface area contributed by atoms with Crippen molar-refractivity contribution in [1.29, 1.82) is 0 Å². The molecule has 0 saturated carbocycles. The second-order valence-corrected chi connectivity index (χ2v) is 32.4. The number of allylic oxidation sites excluding steroid dienone is 1. The molecule has 0 aromatic carbocycles. The zero-order chi connectivity index (χ0) is 84.7. The summed E-state index contributed by atoms with van der Waals surface area (Å²) in [6.07, 6.45) is -27.1. The molecule has 118 heavy (non-hydrogen) atoms. The maximum Gasteiger partial charge on any atom is 0.220 e. The molecule has 7 saturated heterocycles. The second kappa shape index (κ2) is 57.7. The summed E-state index contributed by atoms with van der Waals surface area (Å²) in [5, 5.41) is 213. The van der Waals surface area contributed by atoms with Crippen LogP contribution < -0.4 is 5.32 Å². The van der Waals surface area contributed by atoms with Gasteiger partial charge in [-0.1, -0.05) is 179 Å². The molecule has 27 unspecified atom stereocenters. The Bertz CT molecular complexity index is 2680. The molecule has 7 aliphatic heterocycles. The van der Waals surface area contributed by atoms with E-state index >= 15 is 0 Å². The Hall–Kier alpha value is 0.693. The van der Waals surface area contributed by atoms with Crippen molar-refractivity contribution in [3.8, 4) is 0 Å². The van der Waals surface area contributed by atoms with Gasteiger partial charge in [-0.25, -0.2) is 0 Å². The van der Waals surface area contributed by atoms with Crippen LogP contribution in [0.3, 0.4) is 0 Å². The number of carbonyl (C=O) groups excluding carboxylic acids is 1. The van der Waals surface area contributed by atoms with Crippen molar-refractivity contribution in [2.24, 2.45) is 0 Å². The van der Waals surface area contributed by atoms with Crippen LogP contribution in [0.15, 0.2) is 12.2 Å². The Labute approximate surface area is 765 Å². The minimum absolute atomic E-state index is 0. The molecule has 0 spiro atoms. The van der Waals surface area contributed by atoms with Gasteiger partial charge in [0.2, 0.25) is 5.91 Å². The zero-order valence-electron chi connectivity index (χ0n) is 69.0. The summed E-state index contributed by atoms with van der Waals surface area (Å²) in [4.78, 5) is 13.5. The van der Waals surface area contributed by atoms with E-state index in [1.165, 1.54) is 110 Å². The summed E-state index contributed by atoms with van der Waals surface area (Å²) >= 11 is 0. The molecule has 686 valence electrons. The molecule has 7 fully saturated rings. The van der Waals surface area contributed by atoms with Crippen LogP contribution in [0.25, 0.3) is 11.5 Å². The monoisotopic (exact) mass is 2130 g/mol. The number of ether oxygens (including phenoxy) is 14. The van der Waals surface area contributed by atoms with Crippen LogP contribution in [0, 0.1) is 88.1 Å². The molecule has 7 aliphatic rings. The SMILES string of the molecule is CCCCCCCCCCCCC/C=C/C(O)C(COC1OC(CO)[C@H](O)C(OCC2OC(CO)C(OC3OC(CO)[C@H](O)C(O[C@@H]4OC(CO)[C@H](O[C@@H]5OC(CO)[C@H](O)C(O)C5O[C@@H]5OC(C)[C@H](O)C(O)C5O)C(OCC[C@H]5OC(C)[C@@H](O)C(O)C5O)C4[NH-])C3O)C(O)C2[NH-])C1O)NC(=O)CCCCCCCCCCCCCCC.[Ac].[Ac]. The maximum atomic E-state index is 13.5. The van der Waals surface area contributed by atoms with E-state index in [1.807, 2.05) is 6.08 Å². The van der Waals surface area contributed by atoms with E-state index < -0.39 is 279 Å². The van der Waals surface area contributed by atoms with Crippen molar-refractivity contribution in [2.45, 2.75) is 428 Å².